The first kappa shape index (κ1) is 21.0. The average Bonchev–Trinajstić information content (AvgIpc) is 2.96. The lowest BCUT2D eigenvalue weighted by atomic mass is 10.1. The van der Waals surface area contributed by atoms with E-state index in [1.807, 2.05) is 20.8 Å². The van der Waals surface area contributed by atoms with Crippen molar-refractivity contribution in [3.63, 3.8) is 0 Å². The second-order valence-electron chi connectivity index (χ2n) is 6.42. The van der Waals surface area contributed by atoms with E-state index in [1.165, 1.54) is 12.3 Å². The van der Waals surface area contributed by atoms with Crippen LogP contribution < -0.4 is 11.1 Å². The minimum Gasteiger partial charge on any atom is -0.326 e. The van der Waals surface area contributed by atoms with Crippen LogP contribution in [0.3, 0.4) is 0 Å². The molecule has 0 aliphatic rings. The van der Waals surface area contributed by atoms with Gasteiger partial charge in [-0.15, -0.1) is 12.4 Å². The Balaban J connectivity index is 0.00000312. The normalized spacial score (nSPS) is 11.8. The third-order valence-electron chi connectivity index (χ3n) is 3.35. The molecule has 0 radical (unpaired) electrons. The number of rotatable bonds is 3. The lowest BCUT2D eigenvalue weighted by Gasteiger charge is -2.18. The fourth-order valence-electron chi connectivity index (χ4n) is 2.06. The van der Waals surface area contributed by atoms with Crippen LogP contribution in [0.2, 0.25) is 0 Å². The molecule has 25 heavy (non-hydrogen) atoms. The first-order valence-electron chi connectivity index (χ1n) is 7.28. The zero-order valence-corrected chi connectivity index (χ0v) is 14.8. The van der Waals surface area contributed by atoms with E-state index in [-0.39, 0.29) is 41.3 Å². The molecular formula is C16H20ClF3N4O. The van der Waals surface area contributed by atoms with Crippen molar-refractivity contribution in [3.05, 3.63) is 47.3 Å². The van der Waals surface area contributed by atoms with Gasteiger partial charge in [0.05, 0.1) is 22.9 Å². The summed E-state index contributed by atoms with van der Waals surface area (Å²) in [5, 5.41) is 6.56. The Morgan fingerprint density at radius 2 is 1.88 bits per heavy atom. The van der Waals surface area contributed by atoms with Gasteiger partial charge in [0, 0.05) is 18.4 Å². The number of carbonyl (C=O) groups excluding carboxylic acids is 1. The van der Waals surface area contributed by atoms with E-state index < -0.39 is 17.6 Å². The summed E-state index contributed by atoms with van der Waals surface area (Å²) in [5.74, 6) is -0.534. The quantitative estimate of drug-likeness (QED) is 0.856. The van der Waals surface area contributed by atoms with Crippen molar-refractivity contribution in [1.82, 2.24) is 9.78 Å². The molecule has 0 spiro atoms. The number of aromatic nitrogens is 2. The number of nitrogens with two attached hydrogens (primary N) is 1. The largest absolute Gasteiger partial charge is 0.416 e. The number of nitrogens with one attached hydrogen (secondary N) is 1. The van der Waals surface area contributed by atoms with Crippen LogP contribution in [-0.2, 0) is 18.3 Å². The summed E-state index contributed by atoms with van der Waals surface area (Å²) in [6.07, 6.45) is -1.59. The highest BCUT2D eigenvalue weighted by molar-refractivity contribution is 6.04. The van der Waals surface area contributed by atoms with Gasteiger partial charge in [0.15, 0.2) is 0 Å². The molecule has 2 aromatic rings. The zero-order valence-electron chi connectivity index (χ0n) is 14.0. The van der Waals surface area contributed by atoms with Gasteiger partial charge in [-0.2, -0.15) is 18.3 Å². The van der Waals surface area contributed by atoms with Gasteiger partial charge in [-0.3, -0.25) is 9.48 Å². The topological polar surface area (TPSA) is 72.9 Å². The fraction of sp³-hybridized carbons (Fsp3) is 0.375. The van der Waals surface area contributed by atoms with Gasteiger partial charge < -0.3 is 11.1 Å². The van der Waals surface area contributed by atoms with E-state index in [9.17, 15) is 18.0 Å². The number of amides is 1. The molecule has 2 rings (SSSR count). The van der Waals surface area contributed by atoms with Gasteiger partial charge >= 0.3 is 6.18 Å². The van der Waals surface area contributed by atoms with Crippen LogP contribution in [0.1, 0.15) is 42.3 Å². The van der Waals surface area contributed by atoms with Crippen LogP contribution in [0, 0.1) is 0 Å². The van der Waals surface area contributed by atoms with Crippen LogP contribution in [0.25, 0.3) is 0 Å². The van der Waals surface area contributed by atoms with Crippen LogP contribution in [-0.4, -0.2) is 15.7 Å². The molecule has 3 N–H and O–H groups in total. The molecule has 0 unspecified atom stereocenters. The first-order chi connectivity index (χ1) is 11.0. The lowest BCUT2D eigenvalue weighted by Crippen LogP contribution is -2.22. The zero-order chi connectivity index (χ0) is 18.1. The number of hydrogen-bond acceptors (Lipinski definition) is 3. The first-order valence-corrected chi connectivity index (χ1v) is 7.28. The molecule has 0 saturated heterocycles. The van der Waals surface area contributed by atoms with Crippen molar-refractivity contribution in [1.29, 1.82) is 0 Å². The molecular weight excluding hydrogens is 357 g/mol. The molecule has 1 aromatic carbocycles. The van der Waals surface area contributed by atoms with Crippen LogP contribution in [0.5, 0.6) is 0 Å². The average molecular weight is 377 g/mol. The summed E-state index contributed by atoms with van der Waals surface area (Å²) in [6.45, 7) is 5.70. The highest BCUT2D eigenvalue weighted by Gasteiger charge is 2.31. The lowest BCUT2D eigenvalue weighted by molar-refractivity contribution is -0.137. The number of nitrogens with zero attached hydrogens (tertiary/aromatic N) is 2. The maximum atomic E-state index is 12.9. The Bertz CT molecular complexity index is 751. The van der Waals surface area contributed by atoms with Gasteiger partial charge in [0.2, 0.25) is 0 Å². The Kier molecular flexibility index (Phi) is 6.25. The molecule has 0 saturated carbocycles. The standard InChI is InChI=1S/C16H19F3N4O.ClH/c1-15(2,3)23-9-11(8-21-23)14(24)22-13-5-10(7-20)4-12(6-13)16(17,18)19;/h4-6,8-9H,7,20H2,1-3H3,(H,22,24);1H. The minimum atomic E-state index is -4.51. The minimum absolute atomic E-state index is 0. The van der Waals surface area contributed by atoms with Crippen molar-refractivity contribution in [2.75, 3.05) is 5.32 Å². The molecule has 1 amide bonds. The molecule has 0 aliphatic carbocycles. The third kappa shape index (κ3) is 5.20. The molecule has 1 heterocycles. The van der Waals surface area contributed by atoms with Gasteiger partial charge in [-0.25, -0.2) is 0 Å². The summed E-state index contributed by atoms with van der Waals surface area (Å²) in [4.78, 5) is 12.2. The molecule has 1 aromatic heterocycles. The number of alkyl halides is 3. The van der Waals surface area contributed by atoms with Crippen LogP contribution >= 0.6 is 12.4 Å². The van der Waals surface area contributed by atoms with Crippen LogP contribution in [0.4, 0.5) is 18.9 Å². The maximum Gasteiger partial charge on any atom is 0.416 e. The van der Waals surface area contributed by atoms with E-state index in [1.54, 1.807) is 10.9 Å². The second kappa shape index (κ2) is 7.45. The van der Waals surface area contributed by atoms with Gasteiger partial charge in [-0.05, 0) is 44.5 Å². The molecule has 9 heteroatoms. The van der Waals surface area contributed by atoms with Crippen molar-refractivity contribution in [3.8, 4) is 0 Å². The highest BCUT2D eigenvalue weighted by Crippen LogP contribution is 2.32. The highest BCUT2D eigenvalue weighted by atomic mass is 35.5. The molecule has 0 atom stereocenters. The maximum absolute atomic E-state index is 12.9. The van der Waals surface area contributed by atoms with Gasteiger partial charge in [0.25, 0.3) is 5.91 Å². The predicted molar refractivity (Wildman–Crippen MR) is 91.8 cm³/mol. The van der Waals surface area contributed by atoms with E-state index >= 15 is 0 Å². The second-order valence-corrected chi connectivity index (χ2v) is 6.42. The molecule has 0 fully saturated rings. The van der Waals surface area contributed by atoms with Crippen molar-refractivity contribution in [2.24, 2.45) is 5.73 Å². The molecule has 0 aliphatic heterocycles. The molecule has 5 nitrogen and oxygen atoms in total. The predicted octanol–water partition coefficient (Wildman–Crippen LogP) is 3.79. The van der Waals surface area contributed by atoms with E-state index in [0.717, 1.165) is 12.1 Å². The summed E-state index contributed by atoms with van der Waals surface area (Å²) in [7, 11) is 0. The third-order valence-corrected chi connectivity index (χ3v) is 3.35. The SMILES string of the molecule is CC(C)(C)n1cc(C(=O)Nc2cc(CN)cc(C(F)(F)F)c2)cn1.Cl. The summed E-state index contributed by atoms with van der Waals surface area (Å²) in [6, 6.07) is 3.26. The Morgan fingerprint density at radius 3 is 2.36 bits per heavy atom. The van der Waals surface area contributed by atoms with E-state index in [4.69, 9.17) is 5.73 Å². The van der Waals surface area contributed by atoms with Crippen molar-refractivity contribution in [2.45, 2.75) is 39.0 Å². The fourth-order valence-corrected chi connectivity index (χ4v) is 2.06. The summed E-state index contributed by atoms with van der Waals surface area (Å²) >= 11 is 0. The summed E-state index contributed by atoms with van der Waals surface area (Å²) in [5.41, 5.74) is 4.86. The number of benzene rings is 1. The molecule has 0 bridgehead atoms. The number of hydrogen-bond donors (Lipinski definition) is 2. The number of halogens is 4. The van der Waals surface area contributed by atoms with Gasteiger partial charge in [-0.1, -0.05) is 0 Å². The molecule has 138 valence electrons. The Hall–Kier alpha value is -2.06. The van der Waals surface area contributed by atoms with E-state index in [0.29, 0.717) is 0 Å². The smallest absolute Gasteiger partial charge is 0.326 e. The van der Waals surface area contributed by atoms with Crippen molar-refractivity contribution >= 4 is 24.0 Å². The number of carbonyl (C=O) groups is 1. The van der Waals surface area contributed by atoms with Crippen LogP contribution in [0.15, 0.2) is 30.6 Å². The van der Waals surface area contributed by atoms with E-state index in [2.05, 4.69) is 10.4 Å². The summed E-state index contributed by atoms with van der Waals surface area (Å²) < 4.78 is 40.3. The van der Waals surface area contributed by atoms with Crippen molar-refractivity contribution < 1.29 is 18.0 Å². The Morgan fingerprint density at radius 1 is 1.24 bits per heavy atom. The van der Waals surface area contributed by atoms with Gasteiger partial charge in [0.1, 0.15) is 0 Å². The number of anilines is 1. The monoisotopic (exact) mass is 376 g/mol. The Labute approximate surface area is 149 Å².